The molecule has 2 aliphatic rings. The smallest absolute Gasteiger partial charge is 0.387 e. The van der Waals surface area contributed by atoms with E-state index in [1.165, 1.54) is 12.1 Å². The van der Waals surface area contributed by atoms with E-state index in [1.54, 1.807) is 23.3 Å². The number of nitrogens with zero attached hydrogens (tertiary/aromatic N) is 6. The second-order valence-corrected chi connectivity index (χ2v) is 7.42. The average Bonchev–Trinajstić information content (AvgIpc) is 3.53. The van der Waals surface area contributed by atoms with Gasteiger partial charge in [0.05, 0.1) is 35.5 Å². The van der Waals surface area contributed by atoms with Crippen LogP contribution in [-0.4, -0.2) is 43.6 Å². The van der Waals surface area contributed by atoms with Gasteiger partial charge in [-0.15, -0.1) is 5.10 Å². The van der Waals surface area contributed by atoms with Gasteiger partial charge in [0.25, 0.3) is 0 Å². The topological polar surface area (TPSA) is 79.3 Å². The summed E-state index contributed by atoms with van der Waals surface area (Å²) in [6, 6.07) is 14.6. The number of aromatic nitrogens is 5. The molecule has 0 saturated heterocycles. The normalized spacial score (nSPS) is 16.6. The molecule has 160 valence electrons. The molecule has 0 bridgehead atoms. The fourth-order valence-electron chi connectivity index (χ4n) is 4.08. The molecule has 6 rings (SSSR count). The SMILES string of the molecule is FC(F)Oc1ccc2c(c1)-n1nncc1Cc1c(C3=NC[C@H](c4ccccc4)O3)ncn1-2. The number of fused-ring (bicyclic) bond motifs is 5. The Morgan fingerprint density at radius 3 is 2.81 bits per heavy atom. The van der Waals surface area contributed by atoms with E-state index >= 15 is 0 Å². The summed E-state index contributed by atoms with van der Waals surface area (Å²) in [5.41, 5.74) is 4.59. The number of hydrogen-bond acceptors (Lipinski definition) is 6. The fraction of sp³-hybridized carbons (Fsp3) is 0.182. The molecule has 0 N–H and O–H groups in total. The number of imidazole rings is 1. The van der Waals surface area contributed by atoms with E-state index in [2.05, 4.69) is 25.0 Å². The minimum Gasteiger partial charge on any atom is -0.466 e. The van der Waals surface area contributed by atoms with Gasteiger partial charge in [-0.1, -0.05) is 35.5 Å². The van der Waals surface area contributed by atoms with Crippen LogP contribution in [0.2, 0.25) is 0 Å². The second kappa shape index (κ2) is 7.26. The van der Waals surface area contributed by atoms with Gasteiger partial charge in [0.2, 0.25) is 5.90 Å². The van der Waals surface area contributed by atoms with Gasteiger partial charge >= 0.3 is 6.61 Å². The highest BCUT2D eigenvalue weighted by atomic mass is 19.3. The number of ether oxygens (including phenoxy) is 2. The van der Waals surface area contributed by atoms with E-state index in [0.717, 1.165) is 17.0 Å². The van der Waals surface area contributed by atoms with Crippen LogP contribution in [0.3, 0.4) is 0 Å². The molecule has 32 heavy (non-hydrogen) atoms. The number of halogens is 2. The van der Waals surface area contributed by atoms with Crippen LogP contribution in [-0.2, 0) is 11.2 Å². The number of hydrogen-bond donors (Lipinski definition) is 0. The Bertz CT molecular complexity index is 1330. The highest BCUT2D eigenvalue weighted by Gasteiger charge is 2.30. The van der Waals surface area contributed by atoms with Crippen molar-refractivity contribution in [2.45, 2.75) is 19.1 Å². The molecule has 2 aliphatic heterocycles. The van der Waals surface area contributed by atoms with Crippen molar-refractivity contribution in [3.63, 3.8) is 0 Å². The van der Waals surface area contributed by atoms with Crippen LogP contribution < -0.4 is 4.74 Å². The van der Waals surface area contributed by atoms with Crippen LogP contribution in [0.1, 0.15) is 28.7 Å². The zero-order valence-electron chi connectivity index (χ0n) is 16.6. The predicted molar refractivity (Wildman–Crippen MR) is 110 cm³/mol. The average molecular weight is 434 g/mol. The predicted octanol–water partition coefficient (Wildman–Crippen LogP) is 3.48. The van der Waals surface area contributed by atoms with Crippen molar-refractivity contribution >= 4 is 5.90 Å². The third-order valence-corrected chi connectivity index (χ3v) is 5.52. The fourth-order valence-corrected chi connectivity index (χ4v) is 4.08. The highest BCUT2D eigenvalue weighted by molar-refractivity contribution is 5.95. The minimum absolute atomic E-state index is 0.0400. The number of aliphatic imine (C=N–C) groups is 1. The Morgan fingerprint density at radius 1 is 1.09 bits per heavy atom. The molecule has 0 aliphatic carbocycles. The van der Waals surface area contributed by atoms with Gasteiger partial charge in [-0.25, -0.2) is 14.7 Å². The van der Waals surface area contributed by atoms with Gasteiger partial charge in [-0.3, -0.25) is 4.57 Å². The van der Waals surface area contributed by atoms with Gasteiger partial charge < -0.3 is 9.47 Å². The van der Waals surface area contributed by atoms with E-state index in [-0.39, 0.29) is 11.9 Å². The zero-order valence-corrected chi connectivity index (χ0v) is 16.6. The van der Waals surface area contributed by atoms with Gasteiger partial charge in [0.1, 0.15) is 23.9 Å². The lowest BCUT2D eigenvalue weighted by Gasteiger charge is -2.13. The Morgan fingerprint density at radius 2 is 1.97 bits per heavy atom. The standard InChI is InChI=1S/C22H16F2N6O2/c23-22(24)31-15-6-7-16-17(9-15)30-14(10-27-28-30)8-18-20(26-12-29(16)18)21-25-11-19(32-21)13-4-2-1-3-5-13/h1-7,9-10,12,19,22H,8,11H2/t19-/m1/s1. The quantitative estimate of drug-likeness (QED) is 0.433. The first-order valence-corrected chi connectivity index (χ1v) is 9.99. The minimum atomic E-state index is -2.92. The molecule has 8 nitrogen and oxygen atoms in total. The summed E-state index contributed by atoms with van der Waals surface area (Å²) >= 11 is 0. The molecule has 0 spiro atoms. The molecule has 0 unspecified atom stereocenters. The maximum absolute atomic E-state index is 12.7. The summed E-state index contributed by atoms with van der Waals surface area (Å²) in [7, 11) is 0. The Balaban J connectivity index is 1.41. The number of benzene rings is 2. The highest BCUT2D eigenvalue weighted by Crippen LogP contribution is 2.33. The third-order valence-electron chi connectivity index (χ3n) is 5.52. The molecule has 10 heteroatoms. The van der Waals surface area contributed by atoms with Gasteiger partial charge in [0, 0.05) is 12.5 Å². The van der Waals surface area contributed by atoms with Crippen molar-refractivity contribution < 1.29 is 18.3 Å². The number of alkyl halides is 2. The van der Waals surface area contributed by atoms with Crippen molar-refractivity contribution in [3.05, 3.63) is 83.7 Å². The first-order valence-electron chi connectivity index (χ1n) is 9.99. The molecule has 0 radical (unpaired) electrons. The molecule has 0 fully saturated rings. The molecular weight excluding hydrogens is 418 g/mol. The van der Waals surface area contributed by atoms with Crippen LogP contribution in [0, 0.1) is 0 Å². The van der Waals surface area contributed by atoms with Crippen molar-refractivity contribution in [2.75, 3.05) is 6.54 Å². The van der Waals surface area contributed by atoms with E-state index in [1.807, 2.05) is 34.9 Å². The van der Waals surface area contributed by atoms with Crippen molar-refractivity contribution in [2.24, 2.45) is 4.99 Å². The molecule has 1 atom stereocenters. The Hall–Kier alpha value is -4.08. The van der Waals surface area contributed by atoms with Gasteiger partial charge in [0.15, 0.2) is 0 Å². The van der Waals surface area contributed by atoms with Crippen LogP contribution in [0.25, 0.3) is 11.4 Å². The molecular formula is C22H16F2N6O2. The molecule has 2 aromatic heterocycles. The summed E-state index contributed by atoms with van der Waals surface area (Å²) in [6.07, 6.45) is 3.61. The summed E-state index contributed by atoms with van der Waals surface area (Å²) in [5.74, 6) is 0.519. The van der Waals surface area contributed by atoms with Crippen LogP contribution in [0.5, 0.6) is 5.75 Å². The van der Waals surface area contributed by atoms with Gasteiger partial charge in [-0.2, -0.15) is 8.78 Å². The van der Waals surface area contributed by atoms with Crippen LogP contribution in [0.4, 0.5) is 8.78 Å². The second-order valence-electron chi connectivity index (χ2n) is 7.42. The largest absolute Gasteiger partial charge is 0.466 e. The van der Waals surface area contributed by atoms with E-state index in [9.17, 15) is 8.78 Å². The lowest BCUT2D eigenvalue weighted by atomic mass is 10.1. The number of rotatable bonds is 4. The first kappa shape index (κ1) is 18.7. The van der Waals surface area contributed by atoms with Crippen molar-refractivity contribution in [3.8, 4) is 17.1 Å². The van der Waals surface area contributed by atoms with E-state index in [4.69, 9.17) is 4.74 Å². The maximum Gasteiger partial charge on any atom is 0.387 e. The van der Waals surface area contributed by atoms with Crippen molar-refractivity contribution in [1.82, 2.24) is 24.5 Å². The monoisotopic (exact) mass is 434 g/mol. The molecule has 4 heterocycles. The van der Waals surface area contributed by atoms with E-state index < -0.39 is 6.61 Å². The lowest BCUT2D eigenvalue weighted by Crippen LogP contribution is -2.10. The zero-order chi connectivity index (χ0) is 21.7. The Labute approximate surface area is 180 Å². The molecule has 2 aromatic carbocycles. The van der Waals surface area contributed by atoms with Crippen molar-refractivity contribution in [1.29, 1.82) is 0 Å². The molecule has 0 amide bonds. The maximum atomic E-state index is 12.7. The van der Waals surface area contributed by atoms with Gasteiger partial charge in [-0.05, 0) is 17.7 Å². The Kier molecular flexibility index (Phi) is 4.23. The summed E-state index contributed by atoms with van der Waals surface area (Å²) in [4.78, 5) is 9.18. The lowest BCUT2D eigenvalue weighted by molar-refractivity contribution is -0.0498. The van der Waals surface area contributed by atoms with Crippen LogP contribution in [0.15, 0.2) is 66.0 Å². The van der Waals surface area contributed by atoms with Crippen LogP contribution >= 0.6 is 0 Å². The third kappa shape index (κ3) is 3.03. The summed E-state index contributed by atoms with van der Waals surface area (Å²) in [6.45, 7) is -2.41. The molecule has 0 saturated carbocycles. The first-order chi connectivity index (χ1) is 15.7. The van der Waals surface area contributed by atoms with E-state index in [0.29, 0.717) is 35.9 Å². The summed E-state index contributed by atoms with van der Waals surface area (Å²) in [5, 5.41) is 8.15. The molecule has 4 aromatic rings. The summed E-state index contributed by atoms with van der Waals surface area (Å²) < 4.78 is 39.7.